The van der Waals surface area contributed by atoms with Crippen LogP contribution in [0.3, 0.4) is 0 Å². The average molecular weight is 300 g/mol. The van der Waals surface area contributed by atoms with Crippen LogP contribution < -0.4 is 11.1 Å². The molecule has 1 heterocycles. The van der Waals surface area contributed by atoms with Crippen LogP contribution in [0.15, 0.2) is 18.2 Å². The number of anilines is 1. The Morgan fingerprint density at radius 1 is 1.45 bits per heavy atom. The van der Waals surface area contributed by atoms with Gasteiger partial charge in [-0.2, -0.15) is 0 Å². The first-order valence-electron chi connectivity index (χ1n) is 6.76. The van der Waals surface area contributed by atoms with E-state index in [-0.39, 0.29) is 10.9 Å². The molecule has 1 fully saturated rings. The van der Waals surface area contributed by atoms with Crippen molar-refractivity contribution in [2.24, 2.45) is 11.7 Å². The molecule has 0 radical (unpaired) electrons. The van der Waals surface area contributed by atoms with Crippen molar-refractivity contribution in [1.82, 2.24) is 4.90 Å². The highest BCUT2D eigenvalue weighted by Crippen LogP contribution is 2.22. The molecule has 1 aliphatic rings. The normalized spacial score (nSPS) is 17.1. The van der Waals surface area contributed by atoms with Crippen molar-refractivity contribution in [3.05, 3.63) is 29.0 Å². The zero-order chi connectivity index (χ0) is 14.5. The minimum atomic E-state index is -0.420. The molecule has 0 bridgehead atoms. The van der Waals surface area contributed by atoms with Crippen LogP contribution in [0.25, 0.3) is 0 Å². The monoisotopic (exact) mass is 299 g/mol. The molecule has 0 aromatic heterocycles. The molecule has 0 saturated carbocycles. The SMILES string of the molecule is NCC1CCN(CC(=O)Nc2ccc(F)cc2Cl)CC1. The number of carbonyl (C=O) groups is 1. The minimum Gasteiger partial charge on any atom is -0.330 e. The maximum absolute atomic E-state index is 12.9. The summed E-state index contributed by atoms with van der Waals surface area (Å²) in [6, 6.07) is 3.92. The molecule has 1 amide bonds. The molecule has 1 aromatic rings. The summed E-state index contributed by atoms with van der Waals surface area (Å²) >= 11 is 5.87. The largest absolute Gasteiger partial charge is 0.330 e. The molecule has 110 valence electrons. The van der Waals surface area contributed by atoms with Crippen LogP contribution in [0.1, 0.15) is 12.8 Å². The summed E-state index contributed by atoms with van der Waals surface area (Å²) in [5.74, 6) is 0.0161. The molecule has 1 saturated heterocycles. The van der Waals surface area contributed by atoms with E-state index in [2.05, 4.69) is 10.2 Å². The Morgan fingerprint density at radius 2 is 2.15 bits per heavy atom. The van der Waals surface area contributed by atoms with Gasteiger partial charge in [0.1, 0.15) is 5.82 Å². The number of nitrogens with two attached hydrogens (primary N) is 1. The number of carbonyl (C=O) groups excluding carboxylic acids is 1. The van der Waals surface area contributed by atoms with E-state index in [0.717, 1.165) is 25.9 Å². The second-order valence-electron chi connectivity index (χ2n) is 5.13. The van der Waals surface area contributed by atoms with Gasteiger partial charge in [-0.3, -0.25) is 9.69 Å². The van der Waals surface area contributed by atoms with Gasteiger partial charge in [-0.25, -0.2) is 4.39 Å². The second-order valence-corrected chi connectivity index (χ2v) is 5.53. The van der Waals surface area contributed by atoms with Gasteiger partial charge in [0.15, 0.2) is 0 Å². The maximum Gasteiger partial charge on any atom is 0.238 e. The zero-order valence-electron chi connectivity index (χ0n) is 11.2. The van der Waals surface area contributed by atoms with E-state index in [4.69, 9.17) is 17.3 Å². The summed E-state index contributed by atoms with van der Waals surface area (Å²) in [5, 5.41) is 2.91. The second kappa shape index (κ2) is 7.02. The van der Waals surface area contributed by atoms with Gasteiger partial charge >= 0.3 is 0 Å². The van der Waals surface area contributed by atoms with E-state index >= 15 is 0 Å². The van der Waals surface area contributed by atoms with Crippen LogP contribution in [0.5, 0.6) is 0 Å². The maximum atomic E-state index is 12.9. The molecule has 2 rings (SSSR count). The van der Waals surface area contributed by atoms with E-state index in [1.807, 2.05) is 0 Å². The van der Waals surface area contributed by atoms with Crippen molar-refractivity contribution in [1.29, 1.82) is 0 Å². The van der Waals surface area contributed by atoms with Gasteiger partial charge < -0.3 is 11.1 Å². The Morgan fingerprint density at radius 3 is 2.75 bits per heavy atom. The smallest absolute Gasteiger partial charge is 0.238 e. The van der Waals surface area contributed by atoms with Crippen molar-refractivity contribution < 1.29 is 9.18 Å². The standard InChI is InChI=1S/C14H19ClFN3O/c15-12-7-11(16)1-2-13(12)18-14(20)9-19-5-3-10(8-17)4-6-19/h1-2,7,10H,3-6,8-9,17H2,(H,18,20). The van der Waals surface area contributed by atoms with Crippen molar-refractivity contribution in [2.75, 3.05) is 31.5 Å². The lowest BCUT2D eigenvalue weighted by atomic mass is 9.97. The average Bonchev–Trinajstić information content (AvgIpc) is 2.43. The summed E-state index contributed by atoms with van der Waals surface area (Å²) in [5.41, 5.74) is 6.08. The number of nitrogens with zero attached hydrogens (tertiary/aromatic N) is 1. The quantitative estimate of drug-likeness (QED) is 0.895. The van der Waals surface area contributed by atoms with Gasteiger partial charge in [-0.15, -0.1) is 0 Å². The lowest BCUT2D eigenvalue weighted by molar-refractivity contribution is -0.117. The van der Waals surface area contributed by atoms with Crippen LogP contribution >= 0.6 is 11.6 Å². The van der Waals surface area contributed by atoms with Crippen LogP contribution in [0.4, 0.5) is 10.1 Å². The first-order valence-corrected chi connectivity index (χ1v) is 7.13. The van der Waals surface area contributed by atoms with Crippen LogP contribution in [0.2, 0.25) is 5.02 Å². The van der Waals surface area contributed by atoms with Gasteiger partial charge in [0.05, 0.1) is 17.3 Å². The number of piperidine rings is 1. The molecule has 1 aliphatic heterocycles. The summed E-state index contributed by atoms with van der Waals surface area (Å²) < 4.78 is 12.9. The van der Waals surface area contributed by atoms with Crippen LogP contribution in [-0.2, 0) is 4.79 Å². The predicted molar refractivity (Wildman–Crippen MR) is 78.3 cm³/mol. The van der Waals surface area contributed by atoms with Crippen molar-refractivity contribution in [3.8, 4) is 0 Å². The molecule has 0 atom stereocenters. The number of halogens is 2. The predicted octanol–water partition coefficient (Wildman–Crippen LogP) is 2.09. The van der Waals surface area contributed by atoms with Crippen LogP contribution in [0, 0.1) is 11.7 Å². The Bertz CT molecular complexity index is 475. The fourth-order valence-electron chi connectivity index (χ4n) is 2.36. The van der Waals surface area contributed by atoms with E-state index in [1.165, 1.54) is 18.2 Å². The molecular formula is C14H19ClFN3O. The van der Waals surface area contributed by atoms with Crippen molar-refractivity contribution >= 4 is 23.2 Å². The third kappa shape index (κ3) is 4.16. The number of hydrogen-bond acceptors (Lipinski definition) is 3. The molecule has 6 heteroatoms. The van der Waals surface area contributed by atoms with Gasteiger partial charge in [-0.05, 0) is 56.6 Å². The van der Waals surface area contributed by atoms with Crippen molar-refractivity contribution in [3.63, 3.8) is 0 Å². The van der Waals surface area contributed by atoms with Gasteiger partial charge in [-0.1, -0.05) is 11.6 Å². The Kier molecular flexibility index (Phi) is 5.34. The topological polar surface area (TPSA) is 58.4 Å². The Hall–Kier alpha value is -1.17. The fraction of sp³-hybridized carbons (Fsp3) is 0.500. The summed E-state index contributed by atoms with van der Waals surface area (Å²) in [4.78, 5) is 14.0. The first kappa shape index (κ1) is 15.2. The van der Waals surface area contributed by atoms with Gasteiger partial charge in [0.2, 0.25) is 5.91 Å². The first-order chi connectivity index (χ1) is 9.58. The number of benzene rings is 1. The van der Waals surface area contributed by atoms with E-state index in [0.29, 0.717) is 24.7 Å². The van der Waals surface area contributed by atoms with E-state index < -0.39 is 5.82 Å². The number of likely N-dealkylation sites (tertiary alicyclic amines) is 1. The number of rotatable bonds is 4. The zero-order valence-corrected chi connectivity index (χ0v) is 12.0. The molecular weight excluding hydrogens is 281 g/mol. The molecule has 0 aliphatic carbocycles. The van der Waals surface area contributed by atoms with Crippen LogP contribution in [-0.4, -0.2) is 37.0 Å². The lowest BCUT2D eigenvalue weighted by Crippen LogP contribution is -2.40. The Labute approximate surface area is 123 Å². The molecule has 0 spiro atoms. The third-order valence-electron chi connectivity index (χ3n) is 3.61. The number of amides is 1. The highest BCUT2D eigenvalue weighted by Gasteiger charge is 2.20. The molecule has 4 nitrogen and oxygen atoms in total. The number of hydrogen-bond donors (Lipinski definition) is 2. The highest BCUT2D eigenvalue weighted by atomic mass is 35.5. The van der Waals surface area contributed by atoms with E-state index in [1.54, 1.807) is 0 Å². The summed E-state index contributed by atoms with van der Waals surface area (Å²) in [6.45, 7) is 2.80. The third-order valence-corrected chi connectivity index (χ3v) is 3.93. The Balaban J connectivity index is 1.84. The van der Waals surface area contributed by atoms with E-state index in [9.17, 15) is 9.18 Å². The van der Waals surface area contributed by atoms with Gasteiger partial charge in [0.25, 0.3) is 0 Å². The minimum absolute atomic E-state index is 0.135. The summed E-state index contributed by atoms with van der Waals surface area (Å²) in [7, 11) is 0. The fourth-order valence-corrected chi connectivity index (χ4v) is 2.58. The lowest BCUT2D eigenvalue weighted by Gasteiger charge is -2.30. The summed E-state index contributed by atoms with van der Waals surface area (Å²) in [6.07, 6.45) is 2.06. The molecule has 3 N–H and O–H groups in total. The highest BCUT2D eigenvalue weighted by molar-refractivity contribution is 6.33. The molecule has 1 aromatic carbocycles. The van der Waals surface area contributed by atoms with Crippen molar-refractivity contribution in [2.45, 2.75) is 12.8 Å². The molecule has 0 unspecified atom stereocenters. The molecule has 20 heavy (non-hydrogen) atoms. The van der Waals surface area contributed by atoms with Gasteiger partial charge in [0, 0.05) is 0 Å². The number of nitrogens with one attached hydrogen (secondary N) is 1.